The number of aliphatic carboxylic acids is 1. The molecule has 0 aliphatic carbocycles. The van der Waals surface area contributed by atoms with Gasteiger partial charge < -0.3 is 15.3 Å². The van der Waals surface area contributed by atoms with Crippen LogP contribution in [0.5, 0.6) is 0 Å². The zero-order valence-electron chi connectivity index (χ0n) is 8.48. The second-order valence-electron chi connectivity index (χ2n) is 2.73. The van der Waals surface area contributed by atoms with E-state index in [1.54, 1.807) is 0 Å². The largest absolute Gasteiger partial charge is 0.481 e. The van der Waals surface area contributed by atoms with Gasteiger partial charge in [-0.3, -0.25) is 4.79 Å². The minimum Gasteiger partial charge on any atom is -0.481 e. The van der Waals surface area contributed by atoms with Gasteiger partial charge in [-0.25, -0.2) is 0 Å². The average molecular weight is 204 g/mol. The van der Waals surface area contributed by atoms with E-state index in [4.69, 9.17) is 15.3 Å². The van der Waals surface area contributed by atoms with Crippen molar-refractivity contribution in [1.29, 1.82) is 0 Å². The van der Waals surface area contributed by atoms with Crippen LogP contribution in [0.15, 0.2) is 12.7 Å². The lowest BCUT2D eigenvalue weighted by molar-refractivity contribution is -0.137. The summed E-state index contributed by atoms with van der Waals surface area (Å²) in [6.45, 7) is 3.33. The number of allylic oxidation sites excluding steroid dienone is 1. The number of hydrogen-bond acceptors (Lipinski definition) is 3. The van der Waals surface area contributed by atoms with Crippen LogP contribution in [-0.4, -0.2) is 34.5 Å². The Balaban J connectivity index is 0. The molecule has 0 aliphatic heterocycles. The summed E-state index contributed by atoms with van der Waals surface area (Å²) in [6.07, 6.45) is 6.02. The minimum absolute atomic E-state index is 0.125. The number of carbonyl (C=O) groups is 1. The van der Waals surface area contributed by atoms with E-state index < -0.39 is 5.97 Å². The molecule has 0 amide bonds. The molecule has 0 saturated carbocycles. The van der Waals surface area contributed by atoms with Gasteiger partial charge in [-0.15, -0.1) is 6.58 Å². The smallest absolute Gasteiger partial charge is 0.303 e. The van der Waals surface area contributed by atoms with Crippen molar-refractivity contribution in [3.8, 4) is 0 Å². The fourth-order valence-electron chi connectivity index (χ4n) is 0.742. The molecular formula is C10H20O4. The summed E-state index contributed by atoms with van der Waals surface area (Å²) in [5.74, 6) is -0.696. The molecule has 0 aliphatic rings. The van der Waals surface area contributed by atoms with Crippen LogP contribution in [0.25, 0.3) is 0 Å². The van der Waals surface area contributed by atoms with Crippen molar-refractivity contribution < 1.29 is 20.1 Å². The predicted octanol–water partition coefficient (Wildman–Crippen LogP) is 1.18. The third kappa shape index (κ3) is 22.5. The van der Waals surface area contributed by atoms with E-state index in [2.05, 4.69) is 6.58 Å². The fraction of sp³-hybridized carbons (Fsp3) is 0.700. The standard InChI is InChI=1S/C8H14O2.C2H6O2/c1-2-3-4-5-6-7-8(9)10;3-1-2-4/h2H,1,3-7H2,(H,9,10);3-4H,1-2H2. The van der Waals surface area contributed by atoms with E-state index in [0.717, 1.165) is 25.7 Å². The van der Waals surface area contributed by atoms with Crippen LogP contribution in [0.3, 0.4) is 0 Å². The normalized spacial score (nSPS) is 8.71. The molecule has 0 unspecified atom stereocenters. The molecule has 0 heterocycles. The van der Waals surface area contributed by atoms with Crippen LogP contribution in [0.1, 0.15) is 32.1 Å². The summed E-state index contributed by atoms with van der Waals surface area (Å²) < 4.78 is 0. The third-order valence-corrected chi connectivity index (χ3v) is 1.40. The topological polar surface area (TPSA) is 77.8 Å². The lowest BCUT2D eigenvalue weighted by Gasteiger charge is -1.93. The molecule has 0 radical (unpaired) electrons. The maximum atomic E-state index is 10.0. The zero-order valence-corrected chi connectivity index (χ0v) is 8.48. The van der Waals surface area contributed by atoms with Crippen molar-refractivity contribution in [2.45, 2.75) is 32.1 Å². The highest BCUT2D eigenvalue weighted by Crippen LogP contribution is 2.02. The molecule has 84 valence electrons. The minimum atomic E-state index is -0.696. The number of aliphatic hydroxyl groups is 2. The number of carboxylic acid groups (broad SMARTS) is 1. The number of unbranched alkanes of at least 4 members (excludes halogenated alkanes) is 3. The molecule has 0 fully saturated rings. The van der Waals surface area contributed by atoms with Crippen molar-refractivity contribution in [1.82, 2.24) is 0 Å². The molecule has 0 atom stereocenters. The van der Waals surface area contributed by atoms with Gasteiger partial charge in [-0.1, -0.05) is 12.5 Å². The summed E-state index contributed by atoms with van der Waals surface area (Å²) in [7, 11) is 0. The Bertz CT molecular complexity index is 132. The van der Waals surface area contributed by atoms with Gasteiger partial charge in [0.15, 0.2) is 0 Å². The van der Waals surface area contributed by atoms with Crippen molar-refractivity contribution in [3.63, 3.8) is 0 Å². The van der Waals surface area contributed by atoms with Gasteiger partial charge in [0, 0.05) is 6.42 Å². The van der Waals surface area contributed by atoms with Gasteiger partial charge >= 0.3 is 5.97 Å². The van der Waals surface area contributed by atoms with Crippen LogP contribution in [0.2, 0.25) is 0 Å². The highest BCUT2D eigenvalue weighted by atomic mass is 16.4. The second-order valence-corrected chi connectivity index (χ2v) is 2.73. The first-order valence-corrected chi connectivity index (χ1v) is 4.73. The van der Waals surface area contributed by atoms with Gasteiger partial charge in [-0.05, 0) is 19.3 Å². The van der Waals surface area contributed by atoms with E-state index in [-0.39, 0.29) is 13.2 Å². The SMILES string of the molecule is C=CCCCCCC(=O)O.OCCO. The first-order valence-electron chi connectivity index (χ1n) is 4.73. The molecular weight excluding hydrogens is 184 g/mol. The van der Waals surface area contributed by atoms with Gasteiger partial charge in [0.1, 0.15) is 0 Å². The average Bonchev–Trinajstić information content (AvgIpc) is 2.18. The fourth-order valence-corrected chi connectivity index (χ4v) is 0.742. The Kier molecular flexibility index (Phi) is 16.3. The van der Waals surface area contributed by atoms with Gasteiger partial charge in [0.25, 0.3) is 0 Å². The molecule has 0 saturated heterocycles. The van der Waals surface area contributed by atoms with Crippen LogP contribution in [0, 0.1) is 0 Å². The number of aliphatic hydroxyl groups excluding tert-OH is 2. The quantitative estimate of drug-likeness (QED) is 0.430. The van der Waals surface area contributed by atoms with Crippen molar-refractivity contribution >= 4 is 5.97 Å². The van der Waals surface area contributed by atoms with Crippen molar-refractivity contribution in [2.75, 3.05) is 13.2 Å². The Hall–Kier alpha value is -0.870. The Labute approximate surface area is 84.9 Å². The summed E-state index contributed by atoms with van der Waals surface area (Å²) in [4.78, 5) is 10.0. The van der Waals surface area contributed by atoms with E-state index in [9.17, 15) is 4.79 Å². The lowest BCUT2D eigenvalue weighted by Crippen LogP contribution is -1.93. The lowest BCUT2D eigenvalue weighted by atomic mass is 10.1. The van der Waals surface area contributed by atoms with Gasteiger partial charge in [0.2, 0.25) is 0 Å². The molecule has 0 aromatic rings. The Morgan fingerprint density at radius 3 is 2.07 bits per heavy atom. The summed E-state index contributed by atoms with van der Waals surface area (Å²) >= 11 is 0. The molecule has 0 rings (SSSR count). The maximum Gasteiger partial charge on any atom is 0.303 e. The Morgan fingerprint density at radius 1 is 1.14 bits per heavy atom. The third-order valence-electron chi connectivity index (χ3n) is 1.40. The molecule has 0 aromatic heterocycles. The summed E-state index contributed by atoms with van der Waals surface area (Å²) in [6, 6.07) is 0. The van der Waals surface area contributed by atoms with Gasteiger partial charge in [-0.2, -0.15) is 0 Å². The number of hydrogen-bond donors (Lipinski definition) is 3. The van der Waals surface area contributed by atoms with E-state index >= 15 is 0 Å². The second kappa shape index (κ2) is 14.6. The maximum absolute atomic E-state index is 10.0. The number of carboxylic acids is 1. The van der Waals surface area contributed by atoms with E-state index in [0.29, 0.717) is 6.42 Å². The highest BCUT2D eigenvalue weighted by Gasteiger charge is 1.94. The summed E-state index contributed by atoms with van der Waals surface area (Å²) in [5, 5.41) is 23.5. The zero-order chi connectivity index (χ0) is 11.2. The monoisotopic (exact) mass is 204 g/mol. The molecule has 0 spiro atoms. The highest BCUT2D eigenvalue weighted by molar-refractivity contribution is 5.66. The summed E-state index contributed by atoms with van der Waals surface area (Å²) in [5.41, 5.74) is 0. The van der Waals surface area contributed by atoms with Crippen LogP contribution < -0.4 is 0 Å². The first-order chi connectivity index (χ1) is 6.68. The molecule has 0 aromatic carbocycles. The van der Waals surface area contributed by atoms with Crippen LogP contribution in [0.4, 0.5) is 0 Å². The molecule has 14 heavy (non-hydrogen) atoms. The van der Waals surface area contributed by atoms with Crippen molar-refractivity contribution in [3.05, 3.63) is 12.7 Å². The first kappa shape index (κ1) is 15.6. The molecule has 4 nitrogen and oxygen atoms in total. The van der Waals surface area contributed by atoms with E-state index in [1.807, 2.05) is 6.08 Å². The Morgan fingerprint density at radius 2 is 1.71 bits per heavy atom. The van der Waals surface area contributed by atoms with Gasteiger partial charge in [0.05, 0.1) is 13.2 Å². The predicted molar refractivity (Wildman–Crippen MR) is 55.1 cm³/mol. The van der Waals surface area contributed by atoms with Crippen LogP contribution in [-0.2, 0) is 4.79 Å². The molecule has 4 heteroatoms. The molecule has 0 bridgehead atoms. The van der Waals surface area contributed by atoms with Crippen molar-refractivity contribution in [2.24, 2.45) is 0 Å². The number of rotatable bonds is 7. The van der Waals surface area contributed by atoms with E-state index in [1.165, 1.54) is 0 Å². The van der Waals surface area contributed by atoms with Crippen LogP contribution >= 0.6 is 0 Å². The molecule has 3 N–H and O–H groups in total.